The lowest BCUT2D eigenvalue weighted by atomic mass is 10.2. The number of carbonyl (C=O) groups is 2. The molecule has 0 spiro atoms. The molecule has 1 aliphatic rings. The molecule has 1 N–H and O–H groups in total. The molecule has 4 rings (SSSR count). The summed E-state index contributed by atoms with van der Waals surface area (Å²) in [5.41, 5.74) is 1.95. The molecular formula is C23H15ClN2O3S. The van der Waals surface area contributed by atoms with Gasteiger partial charge in [-0.25, -0.2) is 9.79 Å². The molecule has 148 valence electrons. The summed E-state index contributed by atoms with van der Waals surface area (Å²) in [6.45, 7) is 0. The Kier molecular flexibility index (Phi) is 5.97. The van der Waals surface area contributed by atoms with Gasteiger partial charge in [0.05, 0.1) is 16.2 Å². The van der Waals surface area contributed by atoms with Crippen molar-refractivity contribution >= 4 is 52.2 Å². The Morgan fingerprint density at radius 2 is 1.77 bits per heavy atom. The smallest absolute Gasteiger partial charge is 0.343 e. The van der Waals surface area contributed by atoms with Gasteiger partial charge >= 0.3 is 5.97 Å². The number of amides is 1. The van der Waals surface area contributed by atoms with Crippen molar-refractivity contribution < 1.29 is 14.3 Å². The Labute approximate surface area is 182 Å². The highest BCUT2D eigenvalue weighted by atomic mass is 35.5. The van der Waals surface area contributed by atoms with Gasteiger partial charge < -0.3 is 10.1 Å². The highest BCUT2D eigenvalue weighted by Crippen LogP contribution is 2.28. The Balaban J connectivity index is 1.44. The molecule has 3 aromatic rings. The molecular weight excluding hydrogens is 420 g/mol. The van der Waals surface area contributed by atoms with Crippen molar-refractivity contribution in [3.8, 4) is 5.75 Å². The van der Waals surface area contributed by atoms with Crippen LogP contribution in [0.3, 0.4) is 0 Å². The molecule has 3 aromatic carbocycles. The zero-order valence-corrected chi connectivity index (χ0v) is 17.1. The van der Waals surface area contributed by atoms with Crippen LogP contribution >= 0.6 is 23.4 Å². The lowest BCUT2D eigenvalue weighted by Crippen LogP contribution is -2.19. The minimum Gasteiger partial charge on any atom is -0.423 e. The number of nitrogens with one attached hydrogen (secondary N) is 1. The quantitative estimate of drug-likeness (QED) is 0.337. The van der Waals surface area contributed by atoms with E-state index in [1.54, 1.807) is 54.6 Å². The van der Waals surface area contributed by atoms with E-state index in [9.17, 15) is 9.59 Å². The van der Waals surface area contributed by atoms with Gasteiger partial charge in [-0.1, -0.05) is 48.0 Å². The van der Waals surface area contributed by atoms with E-state index in [0.29, 0.717) is 26.4 Å². The van der Waals surface area contributed by atoms with Crippen molar-refractivity contribution in [2.75, 3.05) is 0 Å². The van der Waals surface area contributed by atoms with Crippen LogP contribution in [0, 0.1) is 0 Å². The first-order valence-electron chi connectivity index (χ1n) is 8.99. The molecule has 0 unspecified atom stereocenters. The van der Waals surface area contributed by atoms with E-state index < -0.39 is 5.97 Å². The zero-order chi connectivity index (χ0) is 20.9. The first-order chi connectivity index (χ1) is 14.6. The molecule has 0 aliphatic carbocycles. The second-order valence-electron chi connectivity index (χ2n) is 6.29. The lowest BCUT2D eigenvalue weighted by molar-refractivity contribution is -0.115. The van der Waals surface area contributed by atoms with Crippen molar-refractivity contribution in [2.24, 2.45) is 4.99 Å². The van der Waals surface area contributed by atoms with Gasteiger partial charge in [0.25, 0.3) is 5.91 Å². The number of esters is 1. The number of halogens is 1. The van der Waals surface area contributed by atoms with Crippen LogP contribution < -0.4 is 10.1 Å². The van der Waals surface area contributed by atoms with Gasteiger partial charge in [-0.05, 0) is 65.9 Å². The van der Waals surface area contributed by atoms with Crippen LogP contribution in [0.5, 0.6) is 5.75 Å². The molecule has 0 radical (unpaired) electrons. The first kappa shape index (κ1) is 19.9. The Morgan fingerprint density at radius 1 is 1.00 bits per heavy atom. The van der Waals surface area contributed by atoms with E-state index in [4.69, 9.17) is 16.3 Å². The van der Waals surface area contributed by atoms with Crippen LogP contribution in [-0.4, -0.2) is 17.0 Å². The number of para-hydroxylation sites is 1. The predicted octanol–water partition coefficient (Wildman–Crippen LogP) is 5.45. The highest BCUT2D eigenvalue weighted by molar-refractivity contribution is 8.18. The summed E-state index contributed by atoms with van der Waals surface area (Å²) in [4.78, 5) is 29.4. The van der Waals surface area contributed by atoms with Gasteiger partial charge in [0.1, 0.15) is 5.75 Å². The Bertz CT molecular complexity index is 1160. The monoisotopic (exact) mass is 434 g/mol. The van der Waals surface area contributed by atoms with Gasteiger partial charge in [0.15, 0.2) is 5.17 Å². The van der Waals surface area contributed by atoms with Crippen LogP contribution in [0.25, 0.3) is 6.08 Å². The molecule has 0 aromatic heterocycles. The van der Waals surface area contributed by atoms with Gasteiger partial charge in [0, 0.05) is 5.02 Å². The third-order valence-electron chi connectivity index (χ3n) is 4.09. The van der Waals surface area contributed by atoms with E-state index >= 15 is 0 Å². The molecule has 1 amide bonds. The van der Waals surface area contributed by atoms with Crippen molar-refractivity contribution in [1.82, 2.24) is 5.32 Å². The summed E-state index contributed by atoms with van der Waals surface area (Å²) in [5, 5.41) is 3.76. The van der Waals surface area contributed by atoms with Gasteiger partial charge in [-0.2, -0.15) is 0 Å². The average molecular weight is 435 g/mol. The zero-order valence-electron chi connectivity index (χ0n) is 15.5. The number of rotatable bonds is 4. The molecule has 1 aliphatic heterocycles. The van der Waals surface area contributed by atoms with Crippen LogP contribution in [0.4, 0.5) is 5.69 Å². The second-order valence-corrected chi connectivity index (χ2v) is 7.75. The summed E-state index contributed by atoms with van der Waals surface area (Å²) in [6.07, 6.45) is 1.76. The maximum atomic E-state index is 12.2. The summed E-state index contributed by atoms with van der Waals surface area (Å²) in [6, 6.07) is 22.9. The van der Waals surface area contributed by atoms with Crippen molar-refractivity contribution in [3.63, 3.8) is 0 Å². The fourth-order valence-corrected chi connectivity index (χ4v) is 3.70. The third-order valence-corrected chi connectivity index (χ3v) is 5.23. The molecule has 1 fully saturated rings. The highest BCUT2D eigenvalue weighted by Gasteiger charge is 2.23. The standard InChI is InChI=1S/C23H15ClN2O3S/c24-17-6-4-5-16(14-17)22(28)29-19-11-9-15(10-12-19)13-20-21(27)26-23(30-20)25-18-7-2-1-3-8-18/h1-14H,(H,25,26,27)/b20-13-. The van der Waals surface area contributed by atoms with Crippen molar-refractivity contribution in [3.05, 3.63) is 99.9 Å². The number of hydrogen-bond donors (Lipinski definition) is 1. The largest absolute Gasteiger partial charge is 0.423 e. The predicted molar refractivity (Wildman–Crippen MR) is 120 cm³/mol. The molecule has 1 saturated heterocycles. The van der Waals surface area contributed by atoms with Crippen molar-refractivity contribution in [2.45, 2.75) is 0 Å². The molecule has 30 heavy (non-hydrogen) atoms. The second kappa shape index (κ2) is 8.98. The van der Waals surface area contributed by atoms with E-state index in [2.05, 4.69) is 10.3 Å². The van der Waals surface area contributed by atoms with E-state index in [-0.39, 0.29) is 5.91 Å². The van der Waals surface area contributed by atoms with Gasteiger partial charge in [-0.15, -0.1) is 0 Å². The van der Waals surface area contributed by atoms with E-state index in [0.717, 1.165) is 11.3 Å². The van der Waals surface area contributed by atoms with E-state index in [1.165, 1.54) is 11.8 Å². The SMILES string of the molecule is O=C1NC(=Nc2ccccc2)S/C1=C\c1ccc(OC(=O)c2cccc(Cl)c2)cc1. The first-order valence-corrected chi connectivity index (χ1v) is 10.2. The molecule has 7 heteroatoms. The van der Waals surface area contributed by atoms with Crippen LogP contribution in [0.1, 0.15) is 15.9 Å². The fourth-order valence-electron chi connectivity index (χ4n) is 2.67. The topological polar surface area (TPSA) is 67.8 Å². The van der Waals surface area contributed by atoms with Gasteiger partial charge in [-0.3, -0.25) is 4.79 Å². The minimum absolute atomic E-state index is 0.203. The number of amidine groups is 1. The summed E-state index contributed by atoms with van der Waals surface area (Å²) in [5.74, 6) is -0.292. The molecule has 1 heterocycles. The number of thioether (sulfide) groups is 1. The lowest BCUT2D eigenvalue weighted by Gasteiger charge is -2.05. The molecule has 5 nitrogen and oxygen atoms in total. The normalized spacial score (nSPS) is 16.0. The summed E-state index contributed by atoms with van der Waals surface area (Å²) in [7, 11) is 0. The fraction of sp³-hybridized carbons (Fsp3) is 0. The van der Waals surface area contributed by atoms with Crippen LogP contribution in [0.15, 0.2) is 88.8 Å². The number of nitrogens with zero attached hydrogens (tertiary/aromatic N) is 1. The average Bonchev–Trinajstić information content (AvgIpc) is 3.08. The van der Waals surface area contributed by atoms with Crippen LogP contribution in [0.2, 0.25) is 5.02 Å². The number of hydrogen-bond acceptors (Lipinski definition) is 5. The third kappa shape index (κ3) is 4.97. The number of ether oxygens (including phenoxy) is 1. The number of aliphatic imine (C=N–C) groups is 1. The number of carbonyl (C=O) groups excluding carboxylic acids is 2. The van der Waals surface area contributed by atoms with Crippen molar-refractivity contribution in [1.29, 1.82) is 0 Å². The summed E-state index contributed by atoms with van der Waals surface area (Å²) < 4.78 is 5.36. The summed E-state index contributed by atoms with van der Waals surface area (Å²) >= 11 is 7.18. The van der Waals surface area contributed by atoms with E-state index in [1.807, 2.05) is 30.3 Å². The van der Waals surface area contributed by atoms with Crippen LogP contribution in [-0.2, 0) is 4.79 Å². The Morgan fingerprint density at radius 3 is 2.50 bits per heavy atom. The maximum absolute atomic E-state index is 12.2. The Hall–Kier alpha value is -3.35. The minimum atomic E-state index is -0.490. The molecule has 0 bridgehead atoms. The molecule has 0 atom stereocenters. The maximum Gasteiger partial charge on any atom is 0.343 e. The van der Waals surface area contributed by atoms with Gasteiger partial charge in [0.2, 0.25) is 0 Å². The number of benzene rings is 3. The molecule has 0 saturated carbocycles.